The number of allylic oxidation sites excluding steroid dienone is 1. The lowest BCUT2D eigenvalue weighted by Gasteiger charge is -2.33. The number of ether oxygens (including phenoxy) is 1. The number of nitrogens with one attached hydrogen (secondary N) is 1. The van der Waals surface area contributed by atoms with Crippen LogP contribution in [0.25, 0.3) is 11.1 Å². The third-order valence-corrected chi connectivity index (χ3v) is 9.89. The van der Waals surface area contributed by atoms with Gasteiger partial charge in [0.15, 0.2) is 0 Å². The van der Waals surface area contributed by atoms with Gasteiger partial charge < -0.3 is 25.6 Å². The van der Waals surface area contributed by atoms with Gasteiger partial charge in [-0.2, -0.15) is 0 Å². The zero-order valence-corrected chi connectivity index (χ0v) is 28.0. The Bertz CT molecular complexity index is 1790. The lowest BCUT2D eigenvalue weighted by molar-refractivity contribution is -0.136. The lowest BCUT2D eigenvalue weighted by Crippen LogP contribution is -2.54. The Labute approximate surface area is 288 Å². The molecule has 4 aromatic rings. The molecular weight excluding hydrogens is 612 g/mol. The van der Waals surface area contributed by atoms with Crippen molar-refractivity contribution < 1.29 is 19.1 Å². The van der Waals surface area contributed by atoms with Gasteiger partial charge in [0.05, 0.1) is 43.4 Å². The van der Waals surface area contributed by atoms with Crippen LogP contribution in [-0.2, 0) is 20.9 Å². The quantitative estimate of drug-likeness (QED) is 0.151. The molecule has 252 valence electrons. The van der Waals surface area contributed by atoms with Crippen LogP contribution < -0.4 is 25.6 Å². The van der Waals surface area contributed by atoms with E-state index in [0.717, 1.165) is 58.8 Å². The summed E-state index contributed by atoms with van der Waals surface area (Å²) in [6.45, 7) is 4.32. The van der Waals surface area contributed by atoms with Gasteiger partial charge in [0.1, 0.15) is 11.8 Å². The first-order valence-corrected chi connectivity index (χ1v) is 17.0. The Hall–Kier alpha value is -5.37. The van der Waals surface area contributed by atoms with Gasteiger partial charge in [-0.05, 0) is 77.9 Å². The number of hydrogen-bond acceptors (Lipinski definition) is 5. The number of methoxy groups -OCH3 is 1. The van der Waals surface area contributed by atoms with E-state index in [-0.39, 0.29) is 18.4 Å². The first kappa shape index (κ1) is 33.5. The van der Waals surface area contributed by atoms with Crippen molar-refractivity contribution in [2.45, 2.75) is 44.7 Å². The minimum Gasteiger partial charge on any atom is -0.497 e. The van der Waals surface area contributed by atoms with E-state index in [0.29, 0.717) is 25.3 Å². The van der Waals surface area contributed by atoms with Crippen molar-refractivity contribution in [1.82, 2.24) is 5.32 Å². The molecule has 4 aromatic carbocycles. The highest BCUT2D eigenvalue weighted by Gasteiger charge is 2.40. The fourth-order valence-corrected chi connectivity index (χ4v) is 7.00. The van der Waals surface area contributed by atoms with Crippen molar-refractivity contribution in [1.29, 1.82) is 0 Å². The molecule has 6 rings (SSSR count). The third-order valence-electron chi connectivity index (χ3n) is 9.89. The van der Waals surface area contributed by atoms with Crippen LogP contribution in [-0.4, -0.2) is 37.4 Å². The summed E-state index contributed by atoms with van der Waals surface area (Å²) in [6, 6.07) is 32.8. The molecule has 49 heavy (non-hydrogen) atoms. The number of benzene rings is 4. The predicted octanol–water partition coefficient (Wildman–Crippen LogP) is 7.02. The van der Waals surface area contributed by atoms with Crippen molar-refractivity contribution in [2.24, 2.45) is 23.5 Å². The fourth-order valence-electron chi connectivity index (χ4n) is 7.00. The van der Waals surface area contributed by atoms with Gasteiger partial charge in [-0.1, -0.05) is 86.0 Å². The molecule has 3 unspecified atom stereocenters. The second kappa shape index (κ2) is 15.2. The molecular formula is C41H44N4O4. The maximum Gasteiger partial charge on any atom is 0.251 e. The Morgan fingerprint density at radius 1 is 0.918 bits per heavy atom. The average molecular weight is 657 g/mol. The normalized spacial score (nSPS) is 17.2. The smallest absolute Gasteiger partial charge is 0.251 e. The molecule has 0 spiro atoms. The molecule has 8 nitrogen and oxygen atoms in total. The first-order valence-electron chi connectivity index (χ1n) is 17.0. The molecule has 1 aliphatic carbocycles. The lowest BCUT2D eigenvalue weighted by atomic mass is 9.74. The van der Waals surface area contributed by atoms with Gasteiger partial charge in [0.25, 0.3) is 5.91 Å². The fraction of sp³-hybridized carbons (Fsp3) is 0.293. The van der Waals surface area contributed by atoms with Gasteiger partial charge in [-0.15, -0.1) is 6.58 Å². The minimum atomic E-state index is -0.897. The number of hydrogen-bond donors (Lipinski definition) is 2. The predicted molar refractivity (Wildman–Crippen MR) is 194 cm³/mol. The number of carbonyl (C=O) groups is 3. The molecule has 1 fully saturated rings. The van der Waals surface area contributed by atoms with Gasteiger partial charge >= 0.3 is 0 Å². The minimum absolute atomic E-state index is 0.215. The highest BCUT2D eigenvalue weighted by atomic mass is 16.5. The van der Waals surface area contributed by atoms with Crippen molar-refractivity contribution in [2.75, 3.05) is 23.5 Å². The molecule has 2 aliphatic rings. The molecule has 0 bridgehead atoms. The summed E-state index contributed by atoms with van der Waals surface area (Å²) in [5.74, 6) is -1.29. The monoisotopic (exact) mass is 656 g/mol. The van der Waals surface area contributed by atoms with Crippen molar-refractivity contribution in [3.05, 3.63) is 121 Å². The van der Waals surface area contributed by atoms with Crippen LogP contribution >= 0.6 is 0 Å². The summed E-state index contributed by atoms with van der Waals surface area (Å²) >= 11 is 0. The van der Waals surface area contributed by atoms with Crippen molar-refractivity contribution in [3.63, 3.8) is 0 Å². The zero-order valence-electron chi connectivity index (χ0n) is 28.0. The molecule has 0 aromatic heterocycles. The maximum absolute atomic E-state index is 14.8. The first-order chi connectivity index (χ1) is 23.9. The summed E-state index contributed by atoms with van der Waals surface area (Å²) < 4.78 is 5.34. The molecule has 8 heteroatoms. The van der Waals surface area contributed by atoms with Crippen LogP contribution in [0.5, 0.6) is 5.75 Å². The second-order valence-electron chi connectivity index (χ2n) is 13.0. The number of fused-ring (bicyclic) bond motifs is 1. The summed E-state index contributed by atoms with van der Waals surface area (Å²) in [5, 5.41) is 3.13. The van der Waals surface area contributed by atoms with Crippen LogP contribution in [0.15, 0.2) is 116 Å². The summed E-state index contributed by atoms with van der Waals surface area (Å²) in [7, 11) is 1.65. The molecule has 0 saturated heterocycles. The number of amides is 3. The number of primary amides is 1. The van der Waals surface area contributed by atoms with Crippen LogP contribution in [0.3, 0.4) is 0 Å². The number of nitrogens with two attached hydrogens (primary N) is 1. The molecule has 3 amide bonds. The Kier molecular flexibility index (Phi) is 10.4. The Balaban J connectivity index is 1.37. The SMILES string of the molecule is C=CCC(C(N)=O)C(CC1CCC1)C(=O)NC1CN(c2ccccc2)c2ccccc2N(Cc2cccc(-c3ccc(OC)cc3)c2)C1=O. The van der Waals surface area contributed by atoms with E-state index in [2.05, 4.69) is 22.9 Å². The molecule has 1 heterocycles. The summed E-state index contributed by atoms with van der Waals surface area (Å²) in [6.07, 6.45) is 5.65. The van der Waals surface area contributed by atoms with Gasteiger partial charge in [-0.25, -0.2) is 0 Å². The largest absolute Gasteiger partial charge is 0.497 e. The Morgan fingerprint density at radius 2 is 1.63 bits per heavy atom. The molecule has 3 atom stereocenters. The van der Waals surface area contributed by atoms with E-state index >= 15 is 0 Å². The number of anilines is 3. The van der Waals surface area contributed by atoms with Crippen molar-refractivity contribution >= 4 is 34.8 Å². The number of carbonyl (C=O) groups excluding carboxylic acids is 3. The summed E-state index contributed by atoms with van der Waals surface area (Å²) in [5.41, 5.74) is 11.4. The van der Waals surface area contributed by atoms with E-state index < -0.39 is 23.8 Å². The topological polar surface area (TPSA) is 105 Å². The Morgan fingerprint density at radius 3 is 2.29 bits per heavy atom. The van der Waals surface area contributed by atoms with Gasteiger partial charge in [-0.3, -0.25) is 14.4 Å². The maximum atomic E-state index is 14.8. The number of para-hydroxylation sites is 3. The van der Waals surface area contributed by atoms with Gasteiger partial charge in [0, 0.05) is 5.69 Å². The molecule has 1 aliphatic heterocycles. The zero-order chi connectivity index (χ0) is 34.3. The standard InChI is InChI=1S/C41H44N4O4/c1-3-11-34(39(42)46)35(25-28-12-9-13-28)40(47)43-36-27-44(32-16-5-4-6-17-32)37-18-7-8-19-38(37)45(41(36)48)26-29-14-10-15-31(24-29)30-20-22-33(49-2)23-21-30/h3-8,10,14-24,28,34-36H,1,9,11-13,25-27H2,2H3,(H2,42,46)(H,43,47). The third kappa shape index (κ3) is 7.54. The van der Waals surface area contributed by atoms with Gasteiger partial charge in [0.2, 0.25) is 11.8 Å². The number of nitrogens with zero attached hydrogens (tertiary/aromatic N) is 2. The molecule has 0 radical (unpaired) electrons. The van der Waals surface area contributed by atoms with E-state index in [1.54, 1.807) is 18.1 Å². The summed E-state index contributed by atoms with van der Waals surface area (Å²) in [4.78, 5) is 45.5. The van der Waals surface area contributed by atoms with Crippen LogP contribution in [0.2, 0.25) is 0 Å². The van der Waals surface area contributed by atoms with E-state index in [1.807, 2.05) is 97.1 Å². The highest BCUT2D eigenvalue weighted by Crippen LogP contribution is 2.39. The van der Waals surface area contributed by atoms with Crippen molar-refractivity contribution in [3.8, 4) is 16.9 Å². The van der Waals surface area contributed by atoms with E-state index in [4.69, 9.17) is 10.5 Å². The molecule has 3 N–H and O–H groups in total. The van der Waals surface area contributed by atoms with Crippen LogP contribution in [0, 0.1) is 17.8 Å². The van der Waals surface area contributed by atoms with E-state index in [9.17, 15) is 14.4 Å². The number of rotatable bonds is 13. The highest BCUT2D eigenvalue weighted by molar-refractivity contribution is 6.04. The van der Waals surface area contributed by atoms with Crippen LogP contribution in [0.1, 0.15) is 37.7 Å². The van der Waals surface area contributed by atoms with E-state index in [1.165, 1.54) is 0 Å². The molecule has 1 saturated carbocycles. The average Bonchev–Trinajstić information content (AvgIpc) is 3.22. The van der Waals surface area contributed by atoms with Crippen LogP contribution in [0.4, 0.5) is 17.1 Å². The second-order valence-corrected chi connectivity index (χ2v) is 13.0.